The molecule has 0 atom stereocenters. The van der Waals surface area contributed by atoms with Gasteiger partial charge in [0.15, 0.2) is 17.4 Å². The van der Waals surface area contributed by atoms with Crippen molar-refractivity contribution in [3.05, 3.63) is 98.7 Å². The summed E-state index contributed by atoms with van der Waals surface area (Å²) >= 11 is 1.31. The molecule has 0 radical (unpaired) electrons. The van der Waals surface area contributed by atoms with Crippen LogP contribution < -0.4 is 16.3 Å². The van der Waals surface area contributed by atoms with E-state index >= 15 is 0 Å². The predicted molar refractivity (Wildman–Crippen MR) is 142 cm³/mol. The molecule has 0 aliphatic rings. The van der Waals surface area contributed by atoms with E-state index in [9.17, 15) is 18.7 Å². The van der Waals surface area contributed by atoms with Crippen LogP contribution >= 0.6 is 11.3 Å². The maximum Gasteiger partial charge on any atom is 0.267 e. The highest BCUT2D eigenvalue weighted by atomic mass is 32.1. The van der Waals surface area contributed by atoms with Gasteiger partial charge in [0, 0.05) is 0 Å². The lowest BCUT2D eigenvalue weighted by Gasteiger charge is -2.15. The Morgan fingerprint density at radius 2 is 2.00 bits per heavy atom. The normalized spacial score (nSPS) is 11.0. The van der Waals surface area contributed by atoms with Gasteiger partial charge in [-0.2, -0.15) is 0 Å². The molecule has 9 nitrogen and oxygen atoms in total. The minimum absolute atomic E-state index is 0.0542. The van der Waals surface area contributed by atoms with Crippen LogP contribution in [0, 0.1) is 18.6 Å². The quantitative estimate of drug-likeness (QED) is 0.276. The van der Waals surface area contributed by atoms with E-state index in [2.05, 4.69) is 32.0 Å². The van der Waals surface area contributed by atoms with Crippen molar-refractivity contribution < 1.29 is 19.3 Å². The average molecular weight is 533 g/mol. The third-order valence-corrected chi connectivity index (χ3v) is 6.86. The number of thiophene rings is 1. The Morgan fingerprint density at radius 1 is 1.21 bits per heavy atom. The van der Waals surface area contributed by atoms with Crippen molar-refractivity contribution in [2.24, 2.45) is 4.99 Å². The fourth-order valence-corrected chi connectivity index (χ4v) is 4.97. The predicted octanol–water partition coefficient (Wildman–Crippen LogP) is 3.07. The Hall–Kier alpha value is -4.84. The maximum absolute atomic E-state index is 14.8. The number of aryl methyl sites for hydroxylation is 1. The number of phenolic OH excluding ortho intramolecular Hbond substituents is 1. The number of halogens is 2. The molecule has 3 heterocycles. The summed E-state index contributed by atoms with van der Waals surface area (Å²) in [5, 5.41) is 21.5. The molecule has 0 saturated heterocycles. The SMILES string of the molecule is C=Nc1ncnc(NCc2nc3scc(C)c3c(=O)n2-c2ccccc2F)c1C(=[NH2+])c1ccc(F)c(O)c1. The lowest BCUT2D eigenvalue weighted by Crippen LogP contribution is -2.41. The summed E-state index contributed by atoms with van der Waals surface area (Å²) in [6, 6.07) is 9.56. The van der Waals surface area contributed by atoms with E-state index in [1.165, 1.54) is 52.6 Å². The van der Waals surface area contributed by atoms with Crippen molar-refractivity contribution in [2.75, 3.05) is 5.32 Å². The first-order valence-electron chi connectivity index (χ1n) is 11.2. The fraction of sp³-hybridized carbons (Fsp3) is 0.0769. The van der Waals surface area contributed by atoms with Crippen LogP contribution in [0.4, 0.5) is 20.4 Å². The second-order valence-electron chi connectivity index (χ2n) is 8.23. The first-order chi connectivity index (χ1) is 18.3. The van der Waals surface area contributed by atoms with Crippen LogP contribution in [0.3, 0.4) is 0 Å². The summed E-state index contributed by atoms with van der Waals surface area (Å²) in [7, 11) is 0. The standard InChI is InChI=1S/C26H19F2N7O2S/c1-13-11-38-25-20(13)26(37)35(17-6-4-3-5-15(17)27)19(34-25)10-31-24-21(23(30-2)32-12-33-24)22(29)14-7-8-16(28)18(36)9-14/h3-9,11-12,29,36H,2,10H2,1H3,(H,31,32,33)/p+1. The number of phenols is 1. The second kappa shape index (κ2) is 9.90. The zero-order valence-electron chi connectivity index (χ0n) is 19.9. The van der Waals surface area contributed by atoms with Crippen molar-refractivity contribution >= 4 is 45.6 Å². The van der Waals surface area contributed by atoms with E-state index in [1.807, 2.05) is 5.38 Å². The Labute approximate surface area is 218 Å². The van der Waals surface area contributed by atoms with E-state index in [1.54, 1.807) is 13.0 Å². The topological polar surface area (TPSA) is 131 Å². The molecule has 5 rings (SSSR count). The smallest absolute Gasteiger partial charge is 0.267 e. The van der Waals surface area contributed by atoms with Crippen molar-refractivity contribution in [1.82, 2.24) is 19.5 Å². The Morgan fingerprint density at radius 3 is 2.74 bits per heavy atom. The van der Waals surface area contributed by atoms with Gasteiger partial charge in [0.05, 0.1) is 23.2 Å². The van der Waals surface area contributed by atoms with Crippen LogP contribution in [0.5, 0.6) is 5.75 Å². The molecule has 0 bridgehead atoms. The first kappa shape index (κ1) is 24.8. The number of fused-ring (bicyclic) bond motifs is 1. The van der Waals surface area contributed by atoms with Gasteiger partial charge < -0.3 is 10.4 Å². The molecule has 0 fully saturated rings. The third kappa shape index (κ3) is 4.30. The number of hydrogen-bond donors (Lipinski definition) is 3. The largest absolute Gasteiger partial charge is 0.505 e. The highest BCUT2D eigenvalue weighted by molar-refractivity contribution is 7.16. The van der Waals surface area contributed by atoms with Gasteiger partial charge in [0.1, 0.15) is 34.2 Å². The summed E-state index contributed by atoms with van der Waals surface area (Å²) in [4.78, 5) is 31.0. The number of aromatic nitrogens is 4. The zero-order chi connectivity index (χ0) is 27.0. The van der Waals surface area contributed by atoms with Crippen LogP contribution in [0.1, 0.15) is 22.5 Å². The minimum atomic E-state index is -0.803. The molecule has 0 aliphatic heterocycles. The van der Waals surface area contributed by atoms with E-state index < -0.39 is 22.9 Å². The Bertz CT molecular complexity index is 1800. The number of aromatic hydroxyl groups is 1. The molecule has 190 valence electrons. The van der Waals surface area contributed by atoms with Crippen LogP contribution in [0.25, 0.3) is 15.9 Å². The molecule has 38 heavy (non-hydrogen) atoms. The molecule has 0 unspecified atom stereocenters. The van der Waals surface area contributed by atoms with E-state index in [-0.39, 0.29) is 41.0 Å². The number of aliphatic imine (C=N–C) groups is 1. The van der Waals surface area contributed by atoms with Crippen LogP contribution in [-0.4, -0.2) is 37.1 Å². The van der Waals surface area contributed by atoms with Crippen LogP contribution in [-0.2, 0) is 6.54 Å². The van der Waals surface area contributed by atoms with Gasteiger partial charge in [-0.15, -0.1) is 11.3 Å². The summed E-state index contributed by atoms with van der Waals surface area (Å²) < 4.78 is 29.7. The van der Waals surface area contributed by atoms with Crippen LogP contribution in [0.2, 0.25) is 0 Å². The van der Waals surface area contributed by atoms with Crippen molar-refractivity contribution in [3.63, 3.8) is 0 Å². The molecule has 5 aromatic rings. The number of anilines is 1. The molecule has 0 saturated carbocycles. The molecule has 0 aliphatic carbocycles. The van der Waals surface area contributed by atoms with Gasteiger partial charge >= 0.3 is 0 Å². The summed E-state index contributed by atoms with van der Waals surface area (Å²) in [6.07, 6.45) is 1.24. The number of nitrogens with two attached hydrogens (primary N) is 1. The van der Waals surface area contributed by atoms with Crippen molar-refractivity contribution in [1.29, 1.82) is 0 Å². The average Bonchev–Trinajstić information content (AvgIpc) is 3.29. The molecule has 12 heteroatoms. The molecule has 4 N–H and O–H groups in total. The minimum Gasteiger partial charge on any atom is -0.505 e. The first-order valence-corrected chi connectivity index (χ1v) is 12.1. The van der Waals surface area contributed by atoms with Gasteiger partial charge in [0.25, 0.3) is 5.56 Å². The van der Waals surface area contributed by atoms with Gasteiger partial charge in [0.2, 0.25) is 5.71 Å². The molecule has 0 spiro atoms. The second-order valence-corrected chi connectivity index (χ2v) is 9.09. The number of nitrogens with zero attached hydrogens (tertiary/aromatic N) is 5. The fourth-order valence-electron chi connectivity index (χ4n) is 4.03. The Balaban J connectivity index is 1.61. The van der Waals surface area contributed by atoms with Crippen molar-refractivity contribution in [3.8, 4) is 11.4 Å². The van der Waals surface area contributed by atoms with E-state index in [4.69, 9.17) is 5.41 Å². The van der Waals surface area contributed by atoms with E-state index in [0.29, 0.717) is 15.8 Å². The number of nitrogens with one attached hydrogen (secondary N) is 1. The summed E-state index contributed by atoms with van der Waals surface area (Å²) in [6.45, 7) is 5.27. The third-order valence-electron chi connectivity index (χ3n) is 5.87. The lowest BCUT2D eigenvalue weighted by molar-refractivity contribution is -0.111. The lowest BCUT2D eigenvalue weighted by atomic mass is 10.0. The Kier molecular flexibility index (Phi) is 6.47. The zero-order valence-corrected chi connectivity index (χ0v) is 20.8. The highest BCUT2D eigenvalue weighted by Gasteiger charge is 2.24. The monoisotopic (exact) mass is 532 g/mol. The highest BCUT2D eigenvalue weighted by Crippen LogP contribution is 2.28. The number of hydrogen-bond acceptors (Lipinski definition) is 8. The number of benzene rings is 2. The molecular weight excluding hydrogens is 512 g/mol. The van der Waals surface area contributed by atoms with E-state index in [0.717, 1.165) is 11.6 Å². The van der Waals surface area contributed by atoms with Gasteiger partial charge in [-0.3, -0.25) is 14.8 Å². The molecule has 3 aromatic heterocycles. The van der Waals surface area contributed by atoms with Crippen molar-refractivity contribution in [2.45, 2.75) is 13.5 Å². The molecule has 2 aromatic carbocycles. The summed E-state index contributed by atoms with van der Waals surface area (Å²) in [5.41, 5.74) is 1.02. The van der Waals surface area contributed by atoms with Crippen LogP contribution in [0.15, 0.2) is 64.0 Å². The van der Waals surface area contributed by atoms with Gasteiger partial charge in [-0.05, 0) is 54.9 Å². The van der Waals surface area contributed by atoms with Gasteiger partial charge in [-0.1, -0.05) is 12.1 Å². The summed E-state index contributed by atoms with van der Waals surface area (Å²) in [5.74, 6) is -1.40. The number of para-hydroxylation sites is 1. The number of rotatable bonds is 7. The maximum atomic E-state index is 14.8. The molecular formula is C26H20F2N7O2S+. The van der Waals surface area contributed by atoms with Gasteiger partial charge in [-0.25, -0.2) is 28.7 Å². The molecule has 0 amide bonds.